The molecule has 0 amide bonds. The molecule has 0 saturated heterocycles. The van der Waals surface area contributed by atoms with Crippen LogP contribution >= 0.6 is 0 Å². The average molecular weight is 199 g/mol. The van der Waals surface area contributed by atoms with Crippen LogP contribution in [0.1, 0.15) is 48.7 Å². The maximum Gasteiger partial charge on any atom is 0.306 e. The van der Waals surface area contributed by atoms with Crippen molar-refractivity contribution in [2.75, 3.05) is 6.56 Å². The standard InChI is InChI=1S/C10H20O3/c1-5-8(7-11)6-9(12)13-10(2,3)4/h8,11H,5-7H2,1-4H3/t8-/m0/s1/i1+1D2,5+1D,6+1,7D2,8+1D,9+1/t5?,8-. The summed E-state index contributed by atoms with van der Waals surface area (Å²) in [6, 6.07) is 0. The first-order chi connectivity index (χ1) is 8.21. The zero-order chi connectivity index (χ0) is 15.6. The molecule has 0 aliphatic rings. The molecule has 13 heavy (non-hydrogen) atoms. The molecule has 3 heteroatoms. The molecule has 0 bridgehead atoms. The third-order valence-corrected chi connectivity index (χ3v) is 1.10. The van der Waals surface area contributed by atoms with Crippen LogP contribution < -0.4 is 0 Å². The number of rotatable bonds is 4. The van der Waals surface area contributed by atoms with E-state index in [0.29, 0.717) is 0 Å². The molecule has 0 aliphatic carbocycles. The third kappa shape index (κ3) is 6.58. The fraction of sp³-hybridized carbons (Fsp3) is 0.900. The van der Waals surface area contributed by atoms with E-state index in [-0.39, 0.29) is 0 Å². The summed E-state index contributed by atoms with van der Waals surface area (Å²) in [7, 11) is 0. The topological polar surface area (TPSA) is 46.5 Å². The molecule has 0 aromatic carbocycles. The van der Waals surface area contributed by atoms with Gasteiger partial charge in [-0.25, -0.2) is 0 Å². The lowest BCUT2D eigenvalue weighted by atomic mass is 10.2. The molecule has 3 nitrogen and oxygen atoms in total. The number of carbonyl (C=O) groups is 1. The summed E-state index contributed by atoms with van der Waals surface area (Å²) in [5.74, 6) is -3.60. The fourth-order valence-corrected chi connectivity index (χ4v) is 0.669. The molecule has 0 saturated carbocycles. The van der Waals surface area contributed by atoms with Crippen molar-refractivity contribution in [3.05, 3.63) is 0 Å². The van der Waals surface area contributed by atoms with Gasteiger partial charge in [-0.05, 0) is 26.7 Å². The Morgan fingerprint density at radius 3 is 2.77 bits per heavy atom. The van der Waals surface area contributed by atoms with Crippen molar-refractivity contribution < 1.29 is 22.9 Å². The highest BCUT2D eigenvalue weighted by Gasteiger charge is 2.18. The molecule has 0 aromatic rings. The van der Waals surface area contributed by atoms with Gasteiger partial charge in [-0.2, -0.15) is 0 Å². The highest BCUT2D eigenvalue weighted by atomic mass is 16.6. The van der Waals surface area contributed by atoms with E-state index in [9.17, 15) is 9.90 Å². The SMILES string of the molecule is [2H][13CH]([2H])[13CH]([2H])[13C@@]([2H])([13CH2][13C](=O)OC(C)(C)C)C([2H])([2H])O. The Hall–Kier alpha value is -0.570. The van der Waals surface area contributed by atoms with Crippen LogP contribution in [-0.2, 0) is 9.53 Å². The second-order valence-electron chi connectivity index (χ2n) is 3.57. The predicted octanol–water partition coefficient (Wildman–Crippen LogP) is 1.74. The lowest BCUT2D eigenvalue weighted by Crippen LogP contribution is -2.25. The number of esters is 1. The maximum absolute atomic E-state index is 11.6. The minimum Gasteiger partial charge on any atom is -0.460 e. The minimum atomic E-state index is -3.20. The Morgan fingerprint density at radius 2 is 2.38 bits per heavy atom. The van der Waals surface area contributed by atoms with Gasteiger partial charge in [-0.15, -0.1) is 0 Å². The van der Waals surface area contributed by atoms with Crippen LogP contribution in [0.15, 0.2) is 0 Å². The molecule has 78 valence electrons. The van der Waals surface area contributed by atoms with Gasteiger partial charge in [0.25, 0.3) is 0 Å². The number of aliphatic hydroxyl groups is 1. The van der Waals surface area contributed by atoms with E-state index < -0.39 is 43.7 Å². The van der Waals surface area contributed by atoms with Crippen molar-refractivity contribution in [2.45, 2.75) is 46.1 Å². The summed E-state index contributed by atoms with van der Waals surface area (Å²) in [6.45, 7) is -0.321. The maximum atomic E-state index is 11.6. The first kappa shape index (κ1) is 5.35. The van der Waals surface area contributed by atoms with Gasteiger partial charge in [0.1, 0.15) is 5.60 Å². The van der Waals surface area contributed by atoms with E-state index in [4.69, 9.17) is 13.0 Å². The number of hydrogen-bond donors (Lipinski definition) is 1. The van der Waals surface area contributed by atoms with E-state index in [1.807, 2.05) is 0 Å². The zero-order valence-corrected chi connectivity index (χ0v) is 8.13. The number of carbonyl (C=O) groups excluding carboxylic acids is 1. The van der Waals surface area contributed by atoms with Crippen LogP contribution in [0, 0.1) is 5.89 Å². The molecule has 0 aliphatic heterocycles. The molecule has 0 spiro atoms. The monoisotopic (exact) mass is 199 g/mol. The quantitative estimate of drug-likeness (QED) is 0.554. The highest BCUT2D eigenvalue weighted by Crippen LogP contribution is 2.13. The van der Waals surface area contributed by atoms with Crippen molar-refractivity contribution in [1.29, 1.82) is 0 Å². The molecule has 0 radical (unpaired) electrons. The lowest BCUT2D eigenvalue weighted by Gasteiger charge is -2.21. The van der Waals surface area contributed by atoms with E-state index in [2.05, 4.69) is 0 Å². The van der Waals surface area contributed by atoms with Crippen molar-refractivity contribution in [3.8, 4) is 0 Å². The first-order valence-electron chi connectivity index (χ1n) is 7.15. The van der Waals surface area contributed by atoms with Gasteiger partial charge >= 0.3 is 5.97 Å². The summed E-state index contributed by atoms with van der Waals surface area (Å²) in [6.07, 6.45) is -2.82. The van der Waals surface area contributed by atoms with E-state index in [0.717, 1.165) is 0 Å². The summed E-state index contributed by atoms with van der Waals surface area (Å²) in [5, 5.41) is 9.35. The third-order valence-electron chi connectivity index (χ3n) is 1.10. The van der Waals surface area contributed by atoms with Gasteiger partial charge in [0.2, 0.25) is 0 Å². The first-order valence-corrected chi connectivity index (χ1v) is 3.92. The molecule has 0 aromatic heterocycles. The van der Waals surface area contributed by atoms with E-state index >= 15 is 0 Å². The fourth-order valence-electron chi connectivity index (χ4n) is 0.669. The molecule has 0 rings (SSSR count). The predicted molar refractivity (Wildman–Crippen MR) is 51.3 cm³/mol. The second-order valence-corrected chi connectivity index (χ2v) is 3.57. The Labute approximate surface area is 88.5 Å². The molecular formula is C10H20O3. The van der Waals surface area contributed by atoms with Crippen molar-refractivity contribution in [3.63, 3.8) is 0 Å². The second kappa shape index (κ2) is 5.22. The summed E-state index contributed by atoms with van der Waals surface area (Å²) in [5.41, 5.74) is -0.848. The lowest BCUT2D eigenvalue weighted by molar-refractivity contribution is -0.156. The van der Waals surface area contributed by atoms with Crippen LogP contribution in [0.2, 0.25) is 0 Å². The van der Waals surface area contributed by atoms with Gasteiger partial charge in [-0.1, -0.05) is 13.3 Å². The van der Waals surface area contributed by atoms with Crippen LogP contribution in [0.5, 0.6) is 0 Å². The van der Waals surface area contributed by atoms with Gasteiger partial charge < -0.3 is 9.84 Å². The smallest absolute Gasteiger partial charge is 0.306 e. The Kier molecular flexibility index (Phi) is 2.15. The van der Waals surface area contributed by atoms with Crippen LogP contribution in [0.4, 0.5) is 0 Å². The van der Waals surface area contributed by atoms with Crippen molar-refractivity contribution >= 4 is 5.97 Å². The molecular weight excluding hydrogens is 173 g/mol. The Balaban J connectivity index is 5.16. The van der Waals surface area contributed by atoms with Crippen LogP contribution in [0.25, 0.3) is 0 Å². The van der Waals surface area contributed by atoms with E-state index in [1.165, 1.54) is 0 Å². The molecule has 0 heterocycles. The summed E-state index contributed by atoms with van der Waals surface area (Å²) in [4.78, 5) is 11.6. The average Bonchev–Trinajstić information content (AvgIpc) is 2.10. The Bertz CT molecular complexity index is 322. The van der Waals surface area contributed by atoms with Gasteiger partial charge in [0.05, 0.1) is 9.16 Å². The summed E-state index contributed by atoms with van der Waals surface area (Å²) >= 11 is 0. The van der Waals surface area contributed by atoms with Crippen LogP contribution in [0.3, 0.4) is 0 Å². The zero-order valence-electron chi connectivity index (χ0n) is 14.1. The van der Waals surface area contributed by atoms with Gasteiger partial charge in [0.15, 0.2) is 0 Å². The Morgan fingerprint density at radius 1 is 1.77 bits per heavy atom. The summed E-state index contributed by atoms with van der Waals surface area (Å²) < 4.78 is 48.7. The number of hydrogen-bond acceptors (Lipinski definition) is 3. The largest absolute Gasteiger partial charge is 0.460 e. The molecule has 1 N–H and O–H groups in total. The highest BCUT2D eigenvalue weighted by molar-refractivity contribution is 5.70. The van der Waals surface area contributed by atoms with Crippen molar-refractivity contribution in [2.24, 2.45) is 5.89 Å². The molecule has 1 unspecified atom stereocenters. The van der Waals surface area contributed by atoms with Gasteiger partial charge in [-0.3, -0.25) is 4.79 Å². The van der Waals surface area contributed by atoms with Gasteiger partial charge in [0, 0.05) is 12.0 Å². The normalized spacial score (nSPS) is 26.8. The number of ether oxygens (including phenoxy) is 1. The minimum absolute atomic E-state index is 0.848. The van der Waals surface area contributed by atoms with Crippen molar-refractivity contribution in [1.82, 2.24) is 0 Å². The molecule has 0 fully saturated rings. The van der Waals surface area contributed by atoms with E-state index in [1.54, 1.807) is 20.8 Å². The molecule has 2 atom stereocenters. The van der Waals surface area contributed by atoms with Crippen LogP contribution in [-0.4, -0.2) is 23.2 Å².